The van der Waals surface area contributed by atoms with Crippen LogP contribution in [0.5, 0.6) is 0 Å². The van der Waals surface area contributed by atoms with Crippen molar-refractivity contribution < 1.29 is 9.90 Å². The monoisotopic (exact) mass is 179 g/mol. The fourth-order valence-electron chi connectivity index (χ4n) is 0.794. The number of hydrogen-bond acceptors (Lipinski definition) is 2. The number of carboxylic acids is 1. The van der Waals surface area contributed by atoms with Crippen molar-refractivity contribution in [2.45, 2.75) is 19.5 Å². The summed E-state index contributed by atoms with van der Waals surface area (Å²) < 4.78 is 1.34. The molecule has 1 aromatic heterocycles. The predicted molar refractivity (Wildman–Crippen MR) is 45.1 cm³/mol. The van der Waals surface area contributed by atoms with Gasteiger partial charge in [0.1, 0.15) is 0 Å². The highest BCUT2D eigenvalue weighted by Crippen LogP contribution is 2.15. The van der Waals surface area contributed by atoms with E-state index < -0.39 is 11.6 Å². The number of rotatable bonds is 2. The Hall–Kier alpha value is -1.83. The topological polar surface area (TPSA) is 59.5 Å². The molecule has 0 unspecified atom stereocenters. The maximum absolute atomic E-state index is 10.5. The number of carbonyl (C=O) groups is 1. The second-order valence-electron chi connectivity index (χ2n) is 3.06. The van der Waals surface area contributed by atoms with Crippen LogP contribution in [-0.4, -0.2) is 20.9 Å². The maximum Gasteiger partial charge on any atom is 0.356 e. The number of carboxylic acid groups (broad SMARTS) is 1. The Balaban J connectivity index is 3.07. The van der Waals surface area contributed by atoms with Gasteiger partial charge in [-0.2, -0.15) is 9.78 Å². The quantitative estimate of drug-likeness (QED) is 0.694. The Labute approximate surface area is 75.4 Å². The van der Waals surface area contributed by atoms with Crippen LogP contribution in [0.3, 0.4) is 0 Å². The first-order valence-corrected chi connectivity index (χ1v) is 3.65. The van der Waals surface area contributed by atoms with E-state index in [0.717, 1.165) is 0 Å². The molecule has 1 rings (SSSR count). The second kappa shape index (κ2) is 2.90. The van der Waals surface area contributed by atoms with Crippen LogP contribution in [-0.2, 0) is 5.66 Å². The predicted octanol–water partition coefficient (Wildman–Crippen LogP) is 1.19. The van der Waals surface area contributed by atoms with Crippen LogP contribution in [0.1, 0.15) is 24.3 Å². The van der Waals surface area contributed by atoms with E-state index in [4.69, 9.17) is 11.7 Å². The summed E-state index contributed by atoms with van der Waals surface area (Å²) in [5, 5.41) is 12.3. The Morgan fingerprint density at radius 1 is 1.77 bits per heavy atom. The molecule has 0 amide bonds. The molecule has 0 aliphatic heterocycles. The third-order valence-corrected chi connectivity index (χ3v) is 1.64. The van der Waals surface area contributed by atoms with Gasteiger partial charge >= 0.3 is 11.6 Å². The van der Waals surface area contributed by atoms with Crippen molar-refractivity contribution in [1.29, 1.82) is 0 Å². The van der Waals surface area contributed by atoms with Gasteiger partial charge in [-0.25, -0.2) is 11.4 Å². The summed E-state index contributed by atoms with van der Waals surface area (Å²) in [4.78, 5) is 13.8. The third kappa shape index (κ3) is 1.67. The lowest BCUT2D eigenvalue weighted by Crippen LogP contribution is -2.22. The molecule has 1 heterocycles. The second-order valence-corrected chi connectivity index (χ2v) is 3.06. The highest BCUT2D eigenvalue weighted by molar-refractivity contribution is 5.85. The number of hydrogen-bond donors (Lipinski definition) is 1. The van der Waals surface area contributed by atoms with Gasteiger partial charge in [-0.1, -0.05) is 0 Å². The molecule has 0 fully saturated rings. The smallest absolute Gasteiger partial charge is 0.356 e. The van der Waals surface area contributed by atoms with Gasteiger partial charge in [0.2, 0.25) is 0 Å². The van der Waals surface area contributed by atoms with Gasteiger partial charge in [-0.15, -0.1) is 0 Å². The van der Waals surface area contributed by atoms with E-state index in [9.17, 15) is 4.79 Å². The Kier molecular flexibility index (Phi) is 2.07. The van der Waals surface area contributed by atoms with Crippen LogP contribution in [0.2, 0.25) is 0 Å². The third-order valence-electron chi connectivity index (χ3n) is 1.64. The van der Waals surface area contributed by atoms with Gasteiger partial charge in [0.15, 0.2) is 5.69 Å². The minimum absolute atomic E-state index is 0.0447. The van der Waals surface area contributed by atoms with Crippen LogP contribution in [0, 0.1) is 6.57 Å². The van der Waals surface area contributed by atoms with Gasteiger partial charge in [-0.3, -0.25) is 4.85 Å². The van der Waals surface area contributed by atoms with E-state index in [0.29, 0.717) is 0 Å². The summed E-state index contributed by atoms with van der Waals surface area (Å²) >= 11 is 0. The summed E-state index contributed by atoms with van der Waals surface area (Å²) in [5.74, 6) is -1.08. The van der Waals surface area contributed by atoms with Crippen LogP contribution in [0.25, 0.3) is 4.85 Å². The number of aromatic carboxylic acids is 1. The highest BCUT2D eigenvalue weighted by Gasteiger charge is 2.26. The Morgan fingerprint density at radius 3 is 2.77 bits per heavy atom. The molecule has 0 aliphatic carbocycles. The van der Waals surface area contributed by atoms with Crippen molar-refractivity contribution in [2.75, 3.05) is 0 Å². The summed E-state index contributed by atoms with van der Waals surface area (Å²) in [5.41, 5.74) is -0.870. The largest absolute Gasteiger partial charge is 0.476 e. The average Bonchev–Trinajstić information content (AvgIpc) is 2.52. The zero-order valence-corrected chi connectivity index (χ0v) is 7.35. The molecule has 0 saturated carbocycles. The van der Waals surface area contributed by atoms with Crippen molar-refractivity contribution in [2.24, 2.45) is 0 Å². The summed E-state index contributed by atoms with van der Waals surface area (Å²) in [6.45, 7) is 10.2. The van der Waals surface area contributed by atoms with Gasteiger partial charge < -0.3 is 5.11 Å². The van der Waals surface area contributed by atoms with Gasteiger partial charge in [0.05, 0.1) is 0 Å². The maximum atomic E-state index is 10.5. The van der Waals surface area contributed by atoms with Crippen LogP contribution < -0.4 is 0 Å². The minimum Gasteiger partial charge on any atom is -0.476 e. The van der Waals surface area contributed by atoms with Gasteiger partial charge in [0, 0.05) is 20.0 Å². The van der Waals surface area contributed by atoms with E-state index in [-0.39, 0.29) is 5.69 Å². The first-order valence-electron chi connectivity index (χ1n) is 3.65. The summed E-state index contributed by atoms with van der Waals surface area (Å²) in [6.07, 6.45) is 1.49. The van der Waals surface area contributed by atoms with E-state index in [1.54, 1.807) is 13.8 Å². The van der Waals surface area contributed by atoms with E-state index in [1.165, 1.54) is 16.9 Å². The van der Waals surface area contributed by atoms with Crippen LogP contribution in [0.15, 0.2) is 12.3 Å². The van der Waals surface area contributed by atoms with Crippen molar-refractivity contribution in [1.82, 2.24) is 9.78 Å². The normalized spacial score (nSPS) is 10.8. The number of nitrogens with zero attached hydrogens (tertiary/aromatic N) is 3. The van der Waals surface area contributed by atoms with Crippen molar-refractivity contribution >= 4 is 5.97 Å². The molecular weight excluding hydrogens is 170 g/mol. The van der Waals surface area contributed by atoms with Crippen LogP contribution >= 0.6 is 0 Å². The molecule has 0 radical (unpaired) electrons. The van der Waals surface area contributed by atoms with Crippen molar-refractivity contribution in [3.8, 4) is 0 Å². The Morgan fingerprint density at radius 2 is 2.38 bits per heavy atom. The zero-order valence-electron chi connectivity index (χ0n) is 7.35. The summed E-state index contributed by atoms with van der Waals surface area (Å²) in [7, 11) is 0. The number of aromatic nitrogens is 2. The van der Waals surface area contributed by atoms with Gasteiger partial charge in [0.25, 0.3) is 0 Å². The van der Waals surface area contributed by atoms with E-state index >= 15 is 0 Å². The minimum atomic E-state index is -1.08. The molecule has 5 heteroatoms. The van der Waals surface area contributed by atoms with Gasteiger partial charge in [-0.05, 0) is 6.07 Å². The molecule has 68 valence electrons. The highest BCUT2D eigenvalue weighted by atomic mass is 16.4. The van der Waals surface area contributed by atoms with Crippen molar-refractivity contribution in [3.05, 3.63) is 29.4 Å². The lowest BCUT2D eigenvalue weighted by atomic mass is 10.3. The lowest BCUT2D eigenvalue weighted by Gasteiger charge is -2.10. The lowest BCUT2D eigenvalue weighted by molar-refractivity contribution is 0.0689. The molecule has 1 N–H and O–H groups in total. The molecule has 0 bridgehead atoms. The fourth-order valence-corrected chi connectivity index (χ4v) is 0.794. The average molecular weight is 179 g/mol. The molecule has 1 aromatic rings. The molecule has 13 heavy (non-hydrogen) atoms. The first-order chi connectivity index (χ1) is 5.97. The standard InChI is InChI=1S/C8H9N3O2/c1-8(2,9-3)11-5-4-6(10-11)7(12)13/h4-5H,1-2H3,(H,12,13). The molecular formula is C8H9N3O2. The molecule has 0 aliphatic rings. The zero-order chi connectivity index (χ0) is 10.1. The SMILES string of the molecule is [C-]#[N+]C(C)(C)n1ccc(C(=O)O)n1. The Bertz CT molecular complexity index is 373. The fraction of sp³-hybridized carbons (Fsp3) is 0.375. The molecule has 0 aromatic carbocycles. The van der Waals surface area contributed by atoms with E-state index in [2.05, 4.69) is 9.94 Å². The molecule has 0 atom stereocenters. The van der Waals surface area contributed by atoms with E-state index in [1.807, 2.05) is 0 Å². The molecule has 5 nitrogen and oxygen atoms in total. The van der Waals surface area contributed by atoms with Crippen LogP contribution in [0.4, 0.5) is 0 Å². The summed E-state index contributed by atoms with van der Waals surface area (Å²) in [6, 6.07) is 1.37. The molecule has 0 spiro atoms. The molecule has 0 saturated heterocycles. The first kappa shape index (κ1) is 9.26. The van der Waals surface area contributed by atoms with Crippen molar-refractivity contribution in [3.63, 3.8) is 0 Å².